The Bertz CT molecular complexity index is 243. The number of allylic oxidation sites excluding steroid dienone is 1. The minimum Gasteiger partial charge on any atom is -0.376 e. The molecule has 0 aromatic rings. The maximum Gasteiger partial charge on any atom is 0.318 e. The summed E-state index contributed by atoms with van der Waals surface area (Å²) in [6, 6.07) is -0.137. The van der Waals surface area contributed by atoms with Gasteiger partial charge in [-0.25, -0.2) is 4.79 Å². The zero-order valence-corrected chi connectivity index (χ0v) is 8.87. The van der Waals surface area contributed by atoms with Gasteiger partial charge in [-0.2, -0.15) is 0 Å². The Balaban J connectivity index is 1.55. The summed E-state index contributed by atoms with van der Waals surface area (Å²) in [7, 11) is 0. The quantitative estimate of drug-likeness (QED) is 0.736. The molecule has 1 saturated heterocycles. The van der Waals surface area contributed by atoms with Gasteiger partial charge in [0.25, 0.3) is 0 Å². The fraction of sp³-hybridized carbons (Fsp3) is 0.727. The first-order chi connectivity index (χ1) is 7.34. The molecule has 0 spiro atoms. The summed E-state index contributed by atoms with van der Waals surface area (Å²) in [5, 5.41) is 5.48. The number of carbonyl (C=O) groups excluding carboxylic acids is 1. The van der Waals surface area contributed by atoms with Crippen LogP contribution in [0.1, 0.15) is 25.7 Å². The monoisotopic (exact) mass is 210 g/mol. The van der Waals surface area contributed by atoms with Gasteiger partial charge in [-0.3, -0.25) is 0 Å². The molecule has 4 heteroatoms. The van der Waals surface area contributed by atoms with E-state index in [9.17, 15) is 4.79 Å². The van der Waals surface area contributed by atoms with Gasteiger partial charge < -0.3 is 15.4 Å². The second-order valence-electron chi connectivity index (χ2n) is 4.19. The Labute approximate surface area is 90.1 Å². The number of amides is 2. The summed E-state index contributed by atoms with van der Waals surface area (Å²) in [4.78, 5) is 11.3. The Hall–Kier alpha value is -1.03. The van der Waals surface area contributed by atoms with Crippen molar-refractivity contribution in [1.29, 1.82) is 0 Å². The van der Waals surface area contributed by atoms with Crippen molar-refractivity contribution < 1.29 is 9.53 Å². The van der Waals surface area contributed by atoms with Gasteiger partial charge >= 0.3 is 6.03 Å². The third-order valence-corrected chi connectivity index (χ3v) is 2.72. The molecule has 0 aromatic heterocycles. The normalized spacial score (nSPS) is 25.7. The number of urea groups is 1. The zero-order valence-electron chi connectivity index (χ0n) is 8.87. The summed E-state index contributed by atoms with van der Waals surface area (Å²) in [5.41, 5.74) is 0. The lowest BCUT2D eigenvalue weighted by Crippen LogP contribution is -2.37. The summed E-state index contributed by atoms with van der Waals surface area (Å²) >= 11 is 0. The van der Waals surface area contributed by atoms with E-state index in [1.165, 1.54) is 12.8 Å². The highest BCUT2D eigenvalue weighted by atomic mass is 16.5. The number of carbonyl (C=O) groups is 1. The molecule has 0 radical (unpaired) electrons. The van der Waals surface area contributed by atoms with Crippen molar-refractivity contribution in [3.8, 4) is 0 Å². The molecule has 2 fully saturated rings. The van der Waals surface area contributed by atoms with E-state index in [0.717, 1.165) is 19.4 Å². The minimum absolute atomic E-state index is 0.137. The summed E-state index contributed by atoms with van der Waals surface area (Å²) in [5.74, 6) is 0.698. The third kappa shape index (κ3) is 3.91. The van der Waals surface area contributed by atoms with Crippen LogP contribution in [0.25, 0.3) is 0 Å². The number of nitrogens with one attached hydrogen (secondary N) is 2. The van der Waals surface area contributed by atoms with E-state index < -0.39 is 0 Å². The van der Waals surface area contributed by atoms with Crippen molar-refractivity contribution in [3.05, 3.63) is 12.3 Å². The smallest absolute Gasteiger partial charge is 0.318 e. The average Bonchev–Trinajstić information content (AvgIpc) is 2.91. The van der Waals surface area contributed by atoms with Gasteiger partial charge in [-0.15, -0.1) is 0 Å². The van der Waals surface area contributed by atoms with Crippen molar-refractivity contribution >= 4 is 6.03 Å². The van der Waals surface area contributed by atoms with Crippen molar-refractivity contribution in [2.24, 2.45) is 5.92 Å². The van der Waals surface area contributed by atoms with Gasteiger partial charge in [-0.05, 0) is 31.6 Å². The molecule has 0 bridgehead atoms. The van der Waals surface area contributed by atoms with Gasteiger partial charge in [0.15, 0.2) is 0 Å². The standard InChI is InChI=1S/C11H18N2O2/c14-11(12-6-5-9-3-4-9)13-8-10-2-1-7-15-10/h5-6,9-10H,1-4,7-8H2,(H2,12,13,14)/b6-5+. The summed E-state index contributed by atoms with van der Waals surface area (Å²) in [6.45, 7) is 1.44. The minimum atomic E-state index is -0.137. The topological polar surface area (TPSA) is 50.4 Å². The van der Waals surface area contributed by atoms with Gasteiger partial charge in [0, 0.05) is 19.4 Å². The van der Waals surface area contributed by atoms with Crippen LogP contribution in [-0.2, 0) is 4.74 Å². The molecule has 1 aliphatic heterocycles. The molecule has 1 heterocycles. The van der Waals surface area contributed by atoms with Crippen LogP contribution in [0.15, 0.2) is 12.3 Å². The molecule has 2 amide bonds. The van der Waals surface area contributed by atoms with Crippen LogP contribution in [0.5, 0.6) is 0 Å². The second-order valence-corrected chi connectivity index (χ2v) is 4.19. The highest BCUT2D eigenvalue weighted by Gasteiger charge is 2.17. The van der Waals surface area contributed by atoms with E-state index >= 15 is 0 Å². The highest BCUT2D eigenvalue weighted by Crippen LogP contribution is 2.29. The maximum atomic E-state index is 11.3. The first-order valence-electron chi connectivity index (χ1n) is 5.67. The third-order valence-electron chi connectivity index (χ3n) is 2.72. The van der Waals surface area contributed by atoms with Crippen LogP contribution in [0.2, 0.25) is 0 Å². The zero-order chi connectivity index (χ0) is 10.5. The van der Waals surface area contributed by atoms with Crippen molar-refractivity contribution in [3.63, 3.8) is 0 Å². The van der Waals surface area contributed by atoms with Gasteiger partial charge in [0.05, 0.1) is 6.10 Å². The molecule has 1 aliphatic carbocycles. The van der Waals surface area contributed by atoms with Crippen molar-refractivity contribution in [1.82, 2.24) is 10.6 Å². The van der Waals surface area contributed by atoms with Crippen LogP contribution < -0.4 is 10.6 Å². The number of ether oxygens (including phenoxy) is 1. The molecular formula is C11H18N2O2. The second kappa shape index (κ2) is 5.16. The maximum absolute atomic E-state index is 11.3. The number of hydrogen-bond donors (Lipinski definition) is 2. The predicted molar refractivity (Wildman–Crippen MR) is 57.4 cm³/mol. The Kier molecular flexibility index (Phi) is 3.61. The van der Waals surface area contributed by atoms with Gasteiger partial charge in [0.2, 0.25) is 0 Å². The molecular weight excluding hydrogens is 192 g/mol. The SMILES string of the molecule is O=C(N/C=C/C1CC1)NCC1CCCO1. The first-order valence-corrected chi connectivity index (χ1v) is 5.67. The van der Waals surface area contributed by atoms with E-state index in [-0.39, 0.29) is 12.1 Å². The Morgan fingerprint density at radius 3 is 2.93 bits per heavy atom. The highest BCUT2D eigenvalue weighted by molar-refractivity contribution is 5.74. The van der Waals surface area contributed by atoms with Gasteiger partial charge in [-0.1, -0.05) is 6.08 Å². The fourth-order valence-electron chi connectivity index (χ4n) is 1.61. The predicted octanol–water partition coefficient (Wildman–Crippen LogP) is 1.39. The molecule has 2 N–H and O–H groups in total. The molecule has 0 aromatic carbocycles. The van der Waals surface area contributed by atoms with E-state index in [0.29, 0.717) is 12.5 Å². The van der Waals surface area contributed by atoms with E-state index in [1.54, 1.807) is 6.20 Å². The largest absolute Gasteiger partial charge is 0.376 e. The van der Waals surface area contributed by atoms with E-state index in [4.69, 9.17) is 4.74 Å². The average molecular weight is 210 g/mol. The van der Waals surface area contributed by atoms with Crippen LogP contribution in [-0.4, -0.2) is 25.3 Å². The van der Waals surface area contributed by atoms with Crippen LogP contribution in [0, 0.1) is 5.92 Å². The van der Waals surface area contributed by atoms with E-state index in [2.05, 4.69) is 10.6 Å². The molecule has 2 rings (SSSR count). The van der Waals surface area contributed by atoms with Crippen LogP contribution >= 0.6 is 0 Å². The molecule has 15 heavy (non-hydrogen) atoms. The van der Waals surface area contributed by atoms with Crippen LogP contribution in [0.4, 0.5) is 4.79 Å². The van der Waals surface area contributed by atoms with Crippen LogP contribution in [0.3, 0.4) is 0 Å². The molecule has 2 aliphatic rings. The fourth-order valence-corrected chi connectivity index (χ4v) is 1.61. The molecule has 1 saturated carbocycles. The molecule has 1 atom stereocenters. The lowest BCUT2D eigenvalue weighted by molar-refractivity contribution is 0.111. The molecule has 84 valence electrons. The number of rotatable bonds is 4. The summed E-state index contributed by atoms with van der Waals surface area (Å²) < 4.78 is 5.40. The lowest BCUT2D eigenvalue weighted by Gasteiger charge is -2.09. The number of hydrogen-bond acceptors (Lipinski definition) is 2. The molecule has 1 unspecified atom stereocenters. The Morgan fingerprint density at radius 1 is 1.40 bits per heavy atom. The lowest BCUT2D eigenvalue weighted by atomic mass is 10.2. The van der Waals surface area contributed by atoms with Crippen molar-refractivity contribution in [2.75, 3.05) is 13.2 Å². The van der Waals surface area contributed by atoms with E-state index in [1.807, 2.05) is 6.08 Å². The van der Waals surface area contributed by atoms with Gasteiger partial charge in [0.1, 0.15) is 0 Å². The first kappa shape index (κ1) is 10.5. The summed E-state index contributed by atoms with van der Waals surface area (Å²) in [6.07, 6.45) is 8.68. The Morgan fingerprint density at radius 2 is 2.27 bits per heavy atom. The van der Waals surface area contributed by atoms with Crippen molar-refractivity contribution in [2.45, 2.75) is 31.8 Å². The molecule has 4 nitrogen and oxygen atoms in total.